The van der Waals surface area contributed by atoms with E-state index >= 15 is 0 Å². The van der Waals surface area contributed by atoms with Crippen LogP contribution in [0.4, 0.5) is 20.4 Å². The van der Waals surface area contributed by atoms with E-state index in [0.29, 0.717) is 24.7 Å². The molecule has 0 aliphatic rings. The largest absolute Gasteiger partial charge is 0.370 e. The smallest absolute Gasteiger partial charge is 0.131 e. The molecule has 1 heterocycles. The molecule has 25 heavy (non-hydrogen) atoms. The van der Waals surface area contributed by atoms with Crippen molar-refractivity contribution >= 4 is 11.6 Å². The quantitative estimate of drug-likeness (QED) is 0.682. The van der Waals surface area contributed by atoms with Gasteiger partial charge >= 0.3 is 0 Å². The number of rotatable bonds is 7. The first kappa shape index (κ1) is 16.8. The Morgan fingerprint density at radius 1 is 0.720 bits per heavy atom. The Morgan fingerprint density at radius 2 is 1.28 bits per heavy atom. The van der Waals surface area contributed by atoms with Crippen LogP contribution in [-0.2, 0) is 13.0 Å². The summed E-state index contributed by atoms with van der Waals surface area (Å²) in [6.07, 6.45) is 2.25. The number of hydrogen-bond donors (Lipinski definition) is 2. The number of nitrogens with zero attached hydrogens (tertiary/aromatic N) is 2. The van der Waals surface area contributed by atoms with Crippen LogP contribution < -0.4 is 10.6 Å². The predicted octanol–water partition coefficient (Wildman–Crippen LogP) is 4.02. The lowest BCUT2D eigenvalue weighted by molar-refractivity contribution is 0.626. The highest BCUT2D eigenvalue weighted by molar-refractivity contribution is 5.46. The second kappa shape index (κ2) is 8.19. The van der Waals surface area contributed by atoms with Crippen molar-refractivity contribution in [2.24, 2.45) is 0 Å². The van der Waals surface area contributed by atoms with Crippen LogP contribution in [-0.4, -0.2) is 16.5 Å². The van der Waals surface area contributed by atoms with E-state index in [-0.39, 0.29) is 11.6 Å². The van der Waals surface area contributed by atoms with Crippen LogP contribution in [0.15, 0.2) is 60.9 Å². The molecular formula is C19H18F2N4. The van der Waals surface area contributed by atoms with Crippen molar-refractivity contribution in [3.63, 3.8) is 0 Å². The van der Waals surface area contributed by atoms with Crippen LogP contribution in [0.25, 0.3) is 0 Å². The topological polar surface area (TPSA) is 49.8 Å². The van der Waals surface area contributed by atoms with Gasteiger partial charge in [0.05, 0.1) is 0 Å². The zero-order chi connectivity index (χ0) is 17.5. The molecule has 0 saturated heterocycles. The van der Waals surface area contributed by atoms with Crippen molar-refractivity contribution in [3.8, 4) is 0 Å². The summed E-state index contributed by atoms with van der Waals surface area (Å²) in [4.78, 5) is 8.35. The lowest BCUT2D eigenvalue weighted by Crippen LogP contribution is -2.08. The summed E-state index contributed by atoms with van der Waals surface area (Å²) in [5.41, 5.74) is 2.02. The first-order valence-electron chi connectivity index (χ1n) is 7.98. The average molecular weight is 340 g/mol. The maximum Gasteiger partial charge on any atom is 0.131 e. The summed E-state index contributed by atoms with van der Waals surface area (Å²) >= 11 is 0. The highest BCUT2D eigenvalue weighted by Gasteiger charge is 2.00. The van der Waals surface area contributed by atoms with Crippen molar-refractivity contribution in [1.82, 2.24) is 9.97 Å². The van der Waals surface area contributed by atoms with Gasteiger partial charge in [-0.3, -0.25) is 0 Å². The van der Waals surface area contributed by atoms with Gasteiger partial charge in [0.15, 0.2) is 0 Å². The molecule has 3 aromatic rings. The lowest BCUT2D eigenvalue weighted by Gasteiger charge is -2.09. The molecule has 6 heteroatoms. The summed E-state index contributed by atoms with van der Waals surface area (Å²) in [6.45, 7) is 1.23. The maximum atomic E-state index is 12.9. The van der Waals surface area contributed by atoms with Crippen molar-refractivity contribution in [2.75, 3.05) is 17.2 Å². The molecule has 2 aromatic carbocycles. The molecule has 0 atom stereocenters. The monoisotopic (exact) mass is 340 g/mol. The van der Waals surface area contributed by atoms with E-state index in [0.717, 1.165) is 17.5 Å². The Bertz CT molecular complexity index is 804. The van der Waals surface area contributed by atoms with Gasteiger partial charge < -0.3 is 10.6 Å². The van der Waals surface area contributed by atoms with Gasteiger partial charge in [-0.2, -0.15) is 0 Å². The molecule has 0 radical (unpaired) electrons. The second-order valence-corrected chi connectivity index (χ2v) is 5.57. The normalized spacial score (nSPS) is 10.5. The number of nitrogens with one attached hydrogen (secondary N) is 2. The number of anilines is 2. The minimum atomic E-state index is -0.251. The van der Waals surface area contributed by atoms with Gasteiger partial charge in [0.25, 0.3) is 0 Å². The van der Waals surface area contributed by atoms with Gasteiger partial charge in [-0.05, 0) is 41.8 Å². The molecule has 0 saturated carbocycles. The third-order valence-electron chi connectivity index (χ3n) is 3.69. The van der Waals surface area contributed by atoms with Crippen molar-refractivity contribution in [1.29, 1.82) is 0 Å². The molecular weight excluding hydrogens is 322 g/mol. The summed E-state index contributed by atoms with van der Waals surface area (Å²) in [7, 11) is 0. The average Bonchev–Trinajstić information content (AvgIpc) is 2.63. The van der Waals surface area contributed by atoms with Crippen LogP contribution in [0.5, 0.6) is 0 Å². The zero-order valence-electron chi connectivity index (χ0n) is 13.5. The minimum absolute atomic E-state index is 0.232. The molecule has 0 unspecified atom stereocenters. The molecule has 1 aromatic heterocycles. The van der Waals surface area contributed by atoms with Gasteiger partial charge in [0.2, 0.25) is 0 Å². The van der Waals surface area contributed by atoms with E-state index in [1.54, 1.807) is 24.3 Å². The molecule has 128 valence electrons. The molecule has 0 aliphatic carbocycles. The molecule has 0 fully saturated rings. The van der Waals surface area contributed by atoms with Crippen molar-refractivity contribution in [3.05, 3.63) is 83.7 Å². The van der Waals surface area contributed by atoms with E-state index in [2.05, 4.69) is 20.6 Å². The molecule has 2 N–H and O–H groups in total. The second-order valence-electron chi connectivity index (χ2n) is 5.57. The van der Waals surface area contributed by atoms with Crippen LogP contribution in [0.1, 0.15) is 11.1 Å². The number of aromatic nitrogens is 2. The maximum absolute atomic E-state index is 12.9. The van der Waals surface area contributed by atoms with E-state index < -0.39 is 0 Å². The molecule has 0 bridgehead atoms. The van der Waals surface area contributed by atoms with Crippen LogP contribution in [0.3, 0.4) is 0 Å². The first-order valence-corrected chi connectivity index (χ1v) is 7.98. The van der Waals surface area contributed by atoms with Crippen LogP contribution >= 0.6 is 0 Å². The van der Waals surface area contributed by atoms with Gasteiger partial charge in [0, 0.05) is 19.2 Å². The first-order chi connectivity index (χ1) is 12.2. The Hall–Kier alpha value is -3.02. The Labute approximate surface area is 145 Å². The fourth-order valence-corrected chi connectivity index (χ4v) is 2.33. The van der Waals surface area contributed by atoms with Crippen LogP contribution in [0.2, 0.25) is 0 Å². The SMILES string of the molecule is Fc1ccc(CCNc2cc(NCc3ccc(F)cc3)ncn2)cc1. The summed E-state index contributed by atoms with van der Waals surface area (Å²) < 4.78 is 25.8. The summed E-state index contributed by atoms with van der Waals surface area (Å²) in [5, 5.41) is 6.40. The zero-order valence-corrected chi connectivity index (χ0v) is 13.5. The summed E-state index contributed by atoms with van der Waals surface area (Å²) in [5.74, 6) is 0.908. The fraction of sp³-hybridized carbons (Fsp3) is 0.158. The number of hydrogen-bond acceptors (Lipinski definition) is 4. The van der Waals surface area contributed by atoms with E-state index in [9.17, 15) is 8.78 Å². The predicted molar refractivity (Wildman–Crippen MR) is 94.4 cm³/mol. The third kappa shape index (κ3) is 5.24. The number of benzene rings is 2. The van der Waals surface area contributed by atoms with E-state index in [1.807, 2.05) is 6.07 Å². The van der Waals surface area contributed by atoms with Gasteiger partial charge in [-0.1, -0.05) is 24.3 Å². The molecule has 3 rings (SSSR count). The highest BCUT2D eigenvalue weighted by Crippen LogP contribution is 2.11. The Balaban J connectivity index is 1.50. The number of halogens is 2. The lowest BCUT2D eigenvalue weighted by atomic mass is 10.1. The van der Waals surface area contributed by atoms with Crippen molar-refractivity contribution in [2.45, 2.75) is 13.0 Å². The molecule has 0 aliphatic heterocycles. The third-order valence-corrected chi connectivity index (χ3v) is 3.69. The standard InChI is InChI=1S/C19H18F2N4/c20-16-5-1-14(2-6-16)9-10-22-18-11-19(25-13-24-18)23-12-15-3-7-17(21)8-4-15/h1-8,11,13H,9-10,12H2,(H2,22,23,24,25). The summed E-state index contributed by atoms with van der Waals surface area (Å²) in [6, 6.07) is 14.6. The highest BCUT2D eigenvalue weighted by atomic mass is 19.1. The van der Waals surface area contributed by atoms with E-state index in [1.165, 1.54) is 30.6 Å². The van der Waals surface area contributed by atoms with Gasteiger partial charge in [-0.15, -0.1) is 0 Å². The Kier molecular flexibility index (Phi) is 5.51. The van der Waals surface area contributed by atoms with Crippen molar-refractivity contribution < 1.29 is 8.78 Å². The minimum Gasteiger partial charge on any atom is -0.370 e. The molecule has 0 amide bonds. The van der Waals surface area contributed by atoms with Gasteiger partial charge in [0.1, 0.15) is 29.6 Å². The van der Waals surface area contributed by atoms with Crippen LogP contribution in [0, 0.1) is 11.6 Å². The Morgan fingerprint density at radius 3 is 1.92 bits per heavy atom. The molecule has 0 spiro atoms. The van der Waals surface area contributed by atoms with Gasteiger partial charge in [-0.25, -0.2) is 18.7 Å². The fourth-order valence-electron chi connectivity index (χ4n) is 2.33. The van der Waals surface area contributed by atoms with E-state index in [4.69, 9.17) is 0 Å². The molecule has 4 nitrogen and oxygen atoms in total.